The van der Waals surface area contributed by atoms with Gasteiger partial charge in [-0.2, -0.15) is 11.8 Å². The minimum absolute atomic E-state index is 0.240. The average molecular weight is 259 g/mol. The van der Waals surface area contributed by atoms with E-state index in [1.165, 1.54) is 11.3 Å². The number of aromatic nitrogens is 1. The van der Waals surface area contributed by atoms with E-state index in [0.29, 0.717) is 4.88 Å². The second-order valence-corrected chi connectivity index (χ2v) is 5.95. The molecule has 0 atom stereocenters. The number of rotatable bonds is 5. The summed E-state index contributed by atoms with van der Waals surface area (Å²) >= 11 is 3.24. The molecule has 0 spiro atoms. The molecule has 1 aromatic heterocycles. The van der Waals surface area contributed by atoms with Gasteiger partial charge in [0.1, 0.15) is 9.88 Å². The average Bonchev–Trinajstić information content (AvgIpc) is 2.69. The van der Waals surface area contributed by atoms with E-state index in [-0.39, 0.29) is 11.8 Å². The van der Waals surface area contributed by atoms with E-state index in [4.69, 9.17) is 5.84 Å². The van der Waals surface area contributed by atoms with Gasteiger partial charge in [-0.05, 0) is 11.7 Å². The van der Waals surface area contributed by atoms with Crippen LogP contribution in [0, 0.1) is 0 Å². The van der Waals surface area contributed by atoms with E-state index >= 15 is 0 Å². The van der Waals surface area contributed by atoms with Crippen molar-refractivity contribution >= 4 is 29.0 Å². The van der Waals surface area contributed by atoms with Crippen LogP contribution in [0.5, 0.6) is 0 Å². The molecule has 0 radical (unpaired) electrons. The fourth-order valence-corrected chi connectivity index (χ4v) is 3.09. The minimum Gasteiger partial charge on any atom is -0.289 e. The molecule has 1 heterocycles. The SMILES string of the molecule is CCSCc1nc(C(C)C)c(C(=O)NN)s1. The van der Waals surface area contributed by atoms with E-state index in [1.807, 2.05) is 13.8 Å². The smallest absolute Gasteiger partial charge is 0.277 e. The third kappa shape index (κ3) is 3.20. The lowest BCUT2D eigenvalue weighted by molar-refractivity contribution is 0.0956. The summed E-state index contributed by atoms with van der Waals surface area (Å²) in [6.45, 7) is 6.16. The first-order valence-corrected chi connectivity index (χ1v) is 7.15. The maximum absolute atomic E-state index is 11.6. The molecule has 0 aliphatic rings. The second-order valence-electron chi connectivity index (χ2n) is 3.59. The zero-order chi connectivity index (χ0) is 12.1. The molecule has 6 heteroatoms. The highest BCUT2D eigenvalue weighted by Crippen LogP contribution is 2.27. The van der Waals surface area contributed by atoms with Crippen molar-refractivity contribution < 1.29 is 4.79 Å². The molecular weight excluding hydrogens is 242 g/mol. The number of thioether (sulfide) groups is 1. The van der Waals surface area contributed by atoms with Crippen molar-refractivity contribution in [3.8, 4) is 0 Å². The number of hydrogen-bond acceptors (Lipinski definition) is 5. The van der Waals surface area contributed by atoms with Crippen molar-refractivity contribution in [2.45, 2.75) is 32.4 Å². The molecule has 90 valence electrons. The summed E-state index contributed by atoms with van der Waals surface area (Å²) in [6, 6.07) is 0. The molecule has 1 rings (SSSR count). The number of nitrogens with two attached hydrogens (primary N) is 1. The standard InChI is InChI=1S/C10H17N3OS2/c1-4-15-5-7-12-8(6(2)3)9(16-7)10(14)13-11/h6H,4-5,11H2,1-3H3,(H,13,14). The third-order valence-electron chi connectivity index (χ3n) is 2.01. The summed E-state index contributed by atoms with van der Waals surface area (Å²) in [5, 5.41) is 0.995. The van der Waals surface area contributed by atoms with E-state index < -0.39 is 0 Å². The summed E-state index contributed by atoms with van der Waals surface area (Å²) in [5.74, 6) is 7.07. The molecule has 1 aromatic rings. The topological polar surface area (TPSA) is 68.0 Å². The van der Waals surface area contributed by atoms with Gasteiger partial charge in [-0.15, -0.1) is 11.3 Å². The van der Waals surface area contributed by atoms with E-state index in [9.17, 15) is 4.79 Å². The van der Waals surface area contributed by atoms with Crippen LogP contribution < -0.4 is 11.3 Å². The van der Waals surface area contributed by atoms with Crippen LogP contribution in [0.25, 0.3) is 0 Å². The number of thiazole rings is 1. The number of nitrogens with one attached hydrogen (secondary N) is 1. The number of carbonyl (C=O) groups is 1. The fraction of sp³-hybridized carbons (Fsp3) is 0.600. The molecule has 1 amide bonds. The number of amides is 1. The Morgan fingerprint density at radius 3 is 2.81 bits per heavy atom. The molecule has 3 N–H and O–H groups in total. The number of nitrogens with zero attached hydrogens (tertiary/aromatic N) is 1. The molecule has 0 saturated carbocycles. The summed E-state index contributed by atoms with van der Waals surface area (Å²) in [4.78, 5) is 16.7. The van der Waals surface area contributed by atoms with Crippen molar-refractivity contribution in [2.75, 3.05) is 5.75 Å². The maximum atomic E-state index is 11.6. The summed E-state index contributed by atoms with van der Waals surface area (Å²) in [6.07, 6.45) is 0. The lowest BCUT2D eigenvalue weighted by atomic mass is 10.1. The second kappa shape index (κ2) is 6.22. The normalized spacial score (nSPS) is 10.8. The Morgan fingerprint density at radius 2 is 2.31 bits per heavy atom. The molecule has 0 fully saturated rings. The van der Waals surface area contributed by atoms with Gasteiger partial charge in [-0.1, -0.05) is 20.8 Å². The Kier molecular flexibility index (Phi) is 5.24. The Labute approximate surface area is 104 Å². The number of hydrazine groups is 1. The van der Waals surface area contributed by atoms with Gasteiger partial charge < -0.3 is 0 Å². The predicted molar refractivity (Wildman–Crippen MR) is 69.7 cm³/mol. The maximum Gasteiger partial charge on any atom is 0.277 e. The predicted octanol–water partition coefficient (Wildman–Crippen LogP) is 2.12. The molecule has 0 aliphatic carbocycles. The van der Waals surface area contributed by atoms with Gasteiger partial charge in [0.05, 0.1) is 5.69 Å². The Morgan fingerprint density at radius 1 is 1.62 bits per heavy atom. The minimum atomic E-state index is -0.242. The Balaban J connectivity index is 2.95. The molecule has 0 aliphatic heterocycles. The van der Waals surface area contributed by atoms with E-state index in [2.05, 4.69) is 17.3 Å². The van der Waals surface area contributed by atoms with Gasteiger partial charge in [-0.25, -0.2) is 10.8 Å². The molecular formula is C10H17N3OS2. The summed E-state index contributed by atoms with van der Waals surface area (Å²) in [5.41, 5.74) is 3.02. The first-order valence-electron chi connectivity index (χ1n) is 5.18. The van der Waals surface area contributed by atoms with Crippen molar-refractivity contribution in [3.63, 3.8) is 0 Å². The van der Waals surface area contributed by atoms with Crippen LogP contribution in [0.4, 0.5) is 0 Å². The van der Waals surface area contributed by atoms with Crippen LogP contribution >= 0.6 is 23.1 Å². The third-order valence-corrected chi connectivity index (χ3v) is 4.15. The summed E-state index contributed by atoms with van der Waals surface area (Å²) < 4.78 is 0. The Hall–Kier alpha value is -0.590. The van der Waals surface area contributed by atoms with E-state index in [0.717, 1.165) is 22.2 Å². The van der Waals surface area contributed by atoms with Crippen molar-refractivity contribution in [2.24, 2.45) is 5.84 Å². The highest BCUT2D eigenvalue weighted by atomic mass is 32.2. The highest BCUT2D eigenvalue weighted by Gasteiger charge is 2.19. The van der Waals surface area contributed by atoms with Crippen molar-refractivity contribution in [3.05, 3.63) is 15.6 Å². The largest absolute Gasteiger partial charge is 0.289 e. The zero-order valence-electron chi connectivity index (χ0n) is 9.74. The molecule has 0 saturated heterocycles. The van der Waals surface area contributed by atoms with Gasteiger partial charge in [0.2, 0.25) is 0 Å². The van der Waals surface area contributed by atoms with Crippen molar-refractivity contribution in [1.82, 2.24) is 10.4 Å². The molecule has 16 heavy (non-hydrogen) atoms. The highest BCUT2D eigenvalue weighted by molar-refractivity contribution is 7.98. The molecule has 0 bridgehead atoms. The van der Waals surface area contributed by atoms with Crippen LogP contribution in [-0.4, -0.2) is 16.6 Å². The first kappa shape index (κ1) is 13.5. The van der Waals surface area contributed by atoms with E-state index in [1.54, 1.807) is 11.8 Å². The van der Waals surface area contributed by atoms with Gasteiger partial charge in [0.25, 0.3) is 5.91 Å². The van der Waals surface area contributed by atoms with Crippen LogP contribution in [-0.2, 0) is 5.75 Å². The number of nitrogen functional groups attached to an aromatic ring is 1. The summed E-state index contributed by atoms with van der Waals surface area (Å²) in [7, 11) is 0. The molecule has 4 nitrogen and oxygen atoms in total. The van der Waals surface area contributed by atoms with Crippen LogP contribution in [0.15, 0.2) is 0 Å². The van der Waals surface area contributed by atoms with Crippen LogP contribution in [0.2, 0.25) is 0 Å². The number of carbonyl (C=O) groups excluding carboxylic acids is 1. The van der Waals surface area contributed by atoms with Crippen molar-refractivity contribution in [1.29, 1.82) is 0 Å². The molecule has 0 unspecified atom stereocenters. The fourth-order valence-electron chi connectivity index (χ4n) is 1.25. The lowest BCUT2D eigenvalue weighted by Gasteiger charge is -2.02. The Bertz CT molecular complexity index is 363. The quantitative estimate of drug-likeness (QED) is 0.483. The monoisotopic (exact) mass is 259 g/mol. The van der Waals surface area contributed by atoms with Crippen LogP contribution in [0.1, 0.15) is 47.1 Å². The first-order chi connectivity index (χ1) is 7.60. The molecule has 0 aromatic carbocycles. The van der Waals surface area contributed by atoms with Gasteiger partial charge in [0, 0.05) is 5.75 Å². The number of hydrogen-bond donors (Lipinski definition) is 2. The van der Waals surface area contributed by atoms with Gasteiger partial charge in [-0.3, -0.25) is 10.2 Å². The van der Waals surface area contributed by atoms with Crippen LogP contribution in [0.3, 0.4) is 0 Å². The lowest BCUT2D eigenvalue weighted by Crippen LogP contribution is -2.30. The zero-order valence-corrected chi connectivity index (χ0v) is 11.4. The van der Waals surface area contributed by atoms with Gasteiger partial charge in [0.15, 0.2) is 0 Å². The van der Waals surface area contributed by atoms with Gasteiger partial charge >= 0.3 is 0 Å².